The maximum absolute atomic E-state index is 2.42. The van der Waals surface area contributed by atoms with E-state index in [0.29, 0.717) is 0 Å². The zero-order valence-corrected chi connectivity index (χ0v) is 29.5. The molecule has 0 bridgehead atoms. The molecule has 1 heterocycles. The fourth-order valence-electron chi connectivity index (χ4n) is 8.58. The Balaban J connectivity index is 1.07. The minimum Gasteiger partial charge on any atom is -0.310 e. The number of hydrogen-bond acceptors (Lipinski definition) is 1. The van der Waals surface area contributed by atoms with Crippen molar-refractivity contribution in [3.05, 3.63) is 206 Å². The molecule has 10 aromatic carbocycles. The third-order valence-corrected chi connectivity index (χ3v) is 11.1. The molecule has 0 unspecified atom stereocenters. The second-order valence-electron chi connectivity index (χ2n) is 14.2. The summed E-state index contributed by atoms with van der Waals surface area (Å²) in [6.45, 7) is 0. The van der Waals surface area contributed by atoms with Crippen LogP contribution in [0.5, 0.6) is 0 Å². The smallest absolute Gasteiger partial charge is 0.0546 e. The van der Waals surface area contributed by atoms with Gasteiger partial charge in [-0.1, -0.05) is 146 Å². The Bertz CT molecular complexity index is 3150. The number of benzene rings is 10. The molecule has 54 heavy (non-hydrogen) atoms. The molecule has 11 aromatic rings. The van der Waals surface area contributed by atoms with Gasteiger partial charge in [0.05, 0.1) is 16.7 Å². The molecule has 2 heteroatoms. The summed E-state index contributed by atoms with van der Waals surface area (Å²) in [6, 6.07) is 75.3. The summed E-state index contributed by atoms with van der Waals surface area (Å²) in [6.07, 6.45) is 0. The van der Waals surface area contributed by atoms with Crippen LogP contribution in [-0.2, 0) is 0 Å². The molecule has 252 valence electrons. The van der Waals surface area contributed by atoms with Crippen LogP contribution in [0.15, 0.2) is 206 Å². The van der Waals surface area contributed by atoms with Gasteiger partial charge >= 0.3 is 0 Å². The van der Waals surface area contributed by atoms with E-state index in [1.165, 1.54) is 76.0 Å². The molecule has 0 spiro atoms. The minimum atomic E-state index is 1.10. The normalized spacial score (nSPS) is 11.7. The number of hydrogen-bond donors (Lipinski definition) is 0. The summed E-state index contributed by atoms with van der Waals surface area (Å²) >= 11 is 0. The number of rotatable bonds is 5. The molecule has 0 aliphatic rings. The van der Waals surface area contributed by atoms with E-state index in [0.717, 1.165) is 22.7 Å². The van der Waals surface area contributed by atoms with Gasteiger partial charge in [0.15, 0.2) is 0 Å². The molecule has 2 nitrogen and oxygen atoms in total. The molecule has 11 rings (SSSR count). The van der Waals surface area contributed by atoms with Crippen molar-refractivity contribution >= 4 is 82.0 Å². The maximum atomic E-state index is 2.42. The van der Waals surface area contributed by atoms with E-state index in [1.807, 2.05) is 0 Å². The first-order valence-electron chi connectivity index (χ1n) is 18.6. The van der Waals surface area contributed by atoms with E-state index in [1.54, 1.807) is 0 Å². The lowest BCUT2D eigenvalue weighted by molar-refractivity contribution is 1.17. The predicted octanol–water partition coefficient (Wildman–Crippen LogP) is 14.5. The number of para-hydroxylation sites is 2. The SMILES string of the molecule is c1ccc2c(c1)ccc1ccc(-c3ccc(N(c4ccc(-n5c6ccccc6c6ccccc65)cc4)c4cc5ccccc5c5ccccc45)cc3)cc12. The molecule has 0 radical (unpaired) electrons. The molecule has 0 N–H and O–H groups in total. The van der Waals surface area contributed by atoms with Crippen molar-refractivity contribution in [1.82, 2.24) is 4.57 Å². The van der Waals surface area contributed by atoms with Gasteiger partial charge in [0.1, 0.15) is 0 Å². The highest BCUT2D eigenvalue weighted by Crippen LogP contribution is 2.43. The van der Waals surface area contributed by atoms with Crippen LogP contribution in [0.25, 0.3) is 81.7 Å². The Morgan fingerprint density at radius 2 is 0.759 bits per heavy atom. The van der Waals surface area contributed by atoms with Crippen molar-refractivity contribution in [2.75, 3.05) is 4.90 Å². The molecular formula is C52H34N2. The summed E-state index contributed by atoms with van der Waals surface area (Å²) in [4.78, 5) is 2.42. The van der Waals surface area contributed by atoms with Crippen LogP contribution in [0.4, 0.5) is 17.1 Å². The lowest BCUT2D eigenvalue weighted by Crippen LogP contribution is -2.11. The first kappa shape index (κ1) is 30.5. The van der Waals surface area contributed by atoms with Crippen LogP contribution >= 0.6 is 0 Å². The van der Waals surface area contributed by atoms with Crippen molar-refractivity contribution in [1.29, 1.82) is 0 Å². The van der Waals surface area contributed by atoms with Gasteiger partial charge in [0.25, 0.3) is 0 Å². The van der Waals surface area contributed by atoms with E-state index < -0.39 is 0 Å². The topological polar surface area (TPSA) is 8.17 Å². The highest BCUT2D eigenvalue weighted by Gasteiger charge is 2.19. The van der Waals surface area contributed by atoms with E-state index in [-0.39, 0.29) is 0 Å². The van der Waals surface area contributed by atoms with Crippen LogP contribution in [-0.4, -0.2) is 4.57 Å². The number of nitrogens with zero attached hydrogens (tertiary/aromatic N) is 2. The van der Waals surface area contributed by atoms with Gasteiger partial charge in [-0.05, 0) is 109 Å². The summed E-state index contributed by atoms with van der Waals surface area (Å²) < 4.78 is 2.38. The van der Waals surface area contributed by atoms with Crippen molar-refractivity contribution in [2.45, 2.75) is 0 Å². The molecule has 0 atom stereocenters. The van der Waals surface area contributed by atoms with E-state index in [9.17, 15) is 0 Å². The summed E-state index contributed by atoms with van der Waals surface area (Å²) in [5.74, 6) is 0. The van der Waals surface area contributed by atoms with Crippen molar-refractivity contribution < 1.29 is 0 Å². The van der Waals surface area contributed by atoms with Crippen molar-refractivity contribution in [3.8, 4) is 16.8 Å². The van der Waals surface area contributed by atoms with E-state index in [4.69, 9.17) is 0 Å². The maximum Gasteiger partial charge on any atom is 0.0546 e. The fraction of sp³-hybridized carbons (Fsp3) is 0. The van der Waals surface area contributed by atoms with Crippen LogP contribution in [0.3, 0.4) is 0 Å². The molecular weight excluding hydrogens is 653 g/mol. The standard InChI is InChI=1S/C52H34N2/c1-3-13-43-36(11-1)21-22-37-23-24-38(33-49(37)43)35-25-27-40(28-26-35)53(52-34-39-12-2-4-14-44(39)45-15-5-6-16-46(45)52)41-29-31-42(32-30-41)54-50-19-9-7-17-47(50)48-18-8-10-20-51(48)54/h1-34H. The average molecular weight is 687 g/mol. The molecule has 0 saturated carbocycles. The van der Waals surface area contributed by atoms with Crippen molar-refractivity contribution in [3.63, 3.8) is 0 Å². The molecule has 0 aliphatic carbocycles. The Labute approximate surface area is 313 Å². The number of fused-ring (bicyclic) bond motifs is 9. The van der Waals surface area contributed by atoms with Crippen LogP contribution < -0.4 is 4.90 Å². The summed E-state index contributed by atoms with van der Waals surface area (Å²) in [5.41, 5.74) is 9.32. The Hall–Kier alpha value is -7.16. The number of anilines is 3. The van der Waals surface area contributed by atoms with Gasteiger partial charge in [0, 0.05) is 33.2 Å². The molecule has 0 saturated heterocycles. The quantitative estimate of drug-likeness (QED) is 0.164. The Kier molecular flexibility index (Phi) is 6.90. The van der Waals surface area contributed by atoms with Crippen LogP contribution in [0.1, 0.15) is 0 Å². The monoisotopic (exact) mass is 686 g/mol. The van der Waals surface area contributed by atoms with Gasteiger partial charge in [-0.2, -0.15) is 0 Å². The first-order valence-corrected chi connectivity index (χ1v) is 18.6. The summed E-state index contributed by atoms with van der Waals surface area (Å²) in [5, 5.41) is 12.6. The Morgan fingerprint density at radius 1 is 0.296 bits per heavy atom. The molecule has 1 aromatic heterocycles. The van der Waals surface area contributed by atoms with Gasteiger partial charge < -0.3 is 9.47 Å². The number of aromatic nitrogens is 1. The van der Waals surface area contributed by atoms with Crippen LogP contribution in [0.2, 0.25) is 0 Å². The first-order chi connectivity index (χ1) is 26.8. The van der Waals surface area contributed by atoms with Crippen LogP contribution in [0, 0.1) is 0 Å². The average Bonchev–Trinajstić information content (AvgIpc) is 3.58. The third kappa shape index (κ3) is 4.81. The Morgan fingerprint density at radius 3 is 1.43 bits per heavy atom. The lowest BCUT2D eigenvalue weighted by Gasteiger charge is -2.28. The zero-order valence-electron chi connectivity index (χ0n) is 29.5. The molecule has 0 aliphatic heterocycles. The fourth-order valence-corrected chi connectivity index (χ4v) is 8.58. The largest absolute Gasteiger partial charge is 0.310 e. The third-order valence-electron chi connectivity index (χ3n) is 11.1. The second-order valence-corrected chi connectivity index (χ2v) is 14.2. The van der Waals surface area contributed by atoms with E-state index in [2.05, 4.69) is 216 Å². The zero-order chi connectivity index (χ0) is 35.6. The van der Waals surface area contributed by atoms with Crippen molar-refractivity contribution in [2.24, 2.45) is 0 Å². The molecule has 0 fully saturated rings. The summed E-state index contributed by atoms with van der Waals surface area (Å²) in [7, 11) is 0. The minimum absolute atomic E-state index is 1.10. The second kappa shape index (κ2) is 12.2. The van der Waals surface area contributed by atoms with Gasteiger partial charge in [-0.25, -0.2) is 0 Å². The van der Waals surface area contributed by atoms with Gasteiger partial charge in [0.2, 0.25) is 0 Å². The highest BCUT2D eigenvalue weighted by atomic mass is 15.1. The van der Waals surface area contributed by atoms with E-state index >= 15 is 0 Å². The van der Waals surface area contributed by atoms with Gasteiger partial charge in [-0.15, -0.1) is 0 Å². The van der Waals surface area contributed by atoms with Gasteiger partial charge in [-0.3, -0.25) is 0 Å². The molecule has 0 amide bonds. The predicted molar refractivity (Wildman–Crippen MR) is 231 cm³/mol. The highest BCUT2D eigenvalue weighted by molar-refractivity contribution is 6.15. The lowest BCUT2D eigenvalue weighted by atomic mass is 9.96.